The van der Waals surface area contributed by atoms with Crippen LogP contribution in [0, 0.1) is 0 Å². The van der Waals surface area contributed by atoms with Gasteiger partial charge in [0.2, 0.25) is 0 Å². The summed E-state index contributed by atoms with van der Waals surface area (Å²) in [5.41, 5.74) is 3.50. The molecule has 3 rings (SSSR count). The van der Waals surface area contributed by atoms with Crippen LogP contribution in [0.15, 0.2) is 90.1 Å². The number of nitrogens with one attached hydrogen (secondary N) is 1. The van der Waals surface area contributed by atoms with E-state index in [4.69, 9.17) is 4.18 Å². The van der Waals surface area contributed by atoms with Crippen LogP contribution in [0.5, 0.6) is 5.75 Å². The molecule has 3 aromatic carbocycles. The van der Waals surface area contributed by atoms with Crippen LogP contribution in [-0.4, -0.2) is 20.5 Å². The standard InChI is InChI=1S/C20H13Br3N2O4S/c21-15-6-4-5-14(11-15)20(26)25-24-12-13-9-17(22)19(18(23)10-13)29-30(27,28)16-7-2-1-3-8-16/h1-12H,(H,25,26)/b24-12-. The molecule has 154 valence electrons. The van der Waals surface area contributed by atoms with E-state index in [1.165, 1.54) is 18.3 Å². The monoisotopic (exact) mass is 614 g/mol. The van der Waals surface area contributed by atoms with Gasteiger partial charge in [-0.15, -0.1) is 0 Å². The van der Waals surface area contributed by atoms with E-state index >= 15 is 0 Å². The van der Waals surface area contributed by atoms with Crippen molar-refractivity contribution in [3.05, 3.63) is 91.3 Å². The van der Waals surface area contributed by atoms with Crippen LogP contribution in [0.25, 0.3) is 0 Å². The smallest absolute Gasteiger partial charge is 0.339 e. The Bertz CT molecular complexity index is 1190. The van der Waals surface area contributed by atoms with Gasteiger partial charge in [-0.25, -0.2) is 5.43 Å². The molecule has 3 aromatic rings. The Labute approximate surface area is 198 Å². The molecule has 0 aromatic heterocycles. The summed E-state index contributed by atoms with van der Waals surface area (Å²) >= 11 is 9.94. The third kappa shape index (κ3) is 5.78. The second-order valence-corrected chi connectivity index (χ2v) is 10.0. The number of nitrogens with zero attached hydrogens (tertiary/aromatic N) is 1. The fraction of sp³-hybridized carbons (Fsp3) is 0. The summed E-state index contributed by atoms with van der Waals surface area (Å²) < 4.78 is 31.8. The molecule has 0 aliphatic heterocycles. The Balaban J connectivity index is 1.74. The van der Waals surface area contributed by atoms with E-state index in [0.717, 1.165) is 4.47 Å². The lowest BCUT2D eigenvalue weighted by Crippen LogP contribution is -2.17. The molecule has 0 unspecified atom stereocenters. The maximum atomic E-state index is 12.5. The van der Waals surface area contributed by atoms with Gasteiger partial charge in [-0.1, -0.05) is 40.2 Å². The minimum absolute atomic E-state index is 0.0460. The van der Waals surface area contributed by atoms with Crippen LogP contribution in [0.4, 0.5) is 0 Å². The highest BCUT2D eigenvalue weighted by Crippen LogP contribution is 2.36. The molecule has 0 saturated carbocycles. The summed E-state index contributed by atoms with van der Waals surface area (Å²) in [6.07, 6.45) is 1.43. The molecule has 6 nitrogen and oxygen atoms in total. The lowest BCUT2D eigenvalue weighted by atomic mass is 10.2. The number of hydrogen-bond acceptors (Lipinski definition) is 5. The van der Waals surface area contributed by atoms with E-state index in [-0.39, 0.29) is 16.6 Å². The molecule has 0 heterocycles. The van der Waals surface area contributed by atoms with Gasteiger partial charge < -0.3 is 4.18 Å². The van der Waals surface area contributed by atoms with Gasteiger partial charge in [-0.2, -0.15) is 13.5 Å². The average molecular weight is 617 g/mol. The molecule has 30 heavy (non-hydrogen) atoms. The Morgan fingerprint density at radius 3 is 2.23 bits per heavy atom. The summed E-state index contributed by atoms with van der Waals surface area (Å²) in [7, 11) is -3.99. The molecule has 0 saturated heterocycles. The number of amides is 1. The highest BCUT2D eigenvalue weighted by molar-refractivity contribution is 9.11. The van der Waals surface area contributed by atoms with E-state index < -0.39 is 10.1 Å². The lowest BCUT2D eigenvalue weighted by Gasteiger charge is -2.11. The average Bonchev–Trinajstić information content (AvgIpc) is 2.71. The highest BCUT2D eigenvalue weighted by atomic mass is 79.9. The predicted molar refractivity (Wildman–Crippen MR) is 125 cm³/mol. The Kier molecular flexibility index (Phi) is 7.45. The Hall–Kier alpha value is -2.01. The van der Waals surface area contributed by atoms with Crippen LogP contribution in [0.2, 0.25) is 0 Å². The molecule has 0 fully saturated rings. The summed E-state index contributed by atoms with van der Waals surface area (Å²) in [6, 6.07) is 18.0. The Morgan fingerprint density at radius 2 is 1.60 bits per heavy atom. The molecule has 0 radical (unpaired) electrons. The van der Waals surface area contributed by atoms with Crippen LogP contribution < -0.4 is 9.61 Å². The van der Waals surface area contributed by atoms with Gasteiger partial charge in [0, 0.05) is 10.0 Å². The molecule has 0 atom stereocenters. The molecule has 0 aliphatic carbocycles. The van der Waals surface area contributed by atoms with Crippen LogP contribution in [0.3, 0.4) is 0 Å². The number of rotatable bonds is 6. The quantitative estimate of drug-likeness (QED) is 0.225. The first-order valence-electron chi connectivity index (χ1n) is 8.34. The lowest BCUT2D eigenvalue weighted by molar-refractivity contribution is 0.0955. The summed E-state index contributed by atoms with van der Waals surface area (Å²) in [4.78, 5) is 12.2. The van der Waals surface area contributed by atoms with Crippen molar-refractivity contribution >= 4 is 70.0 Å². The molecule has 1 N–H and O–H groups in total. The number of halogens is 3. The molecule has 0 spiro atoms. The third-order valence-corrected chi connectivity index (χ3v) is 6.62. The van der Waals surface area contributed by atoms with Gasteiger partial charge in [0.25, 0.3) is 5.91 Å². The normalized spacial score (nSPS) is 11.4. The van der Waals surface area contributed by atoms with E-state index in [9.17, 15) is 13.2 Å². The second-order valence-electron chi connectivity index (χ2n) is 5.87. The van der Waals surface area contributed by atoms with Crippen molar-refractivity contribution in [1.82, 2.24) is 5.43 Å². The summed E-state index contributed by atoms with van der Waals surface area (Å²) in [5.74, 6) is -0.256. The topological polar surface area (TPSA) is 84.8 Å². The van der Waals surface area contributed by atoms with Crippen molar-refractivity contribution in [3.63, 3.8) is 0 Å². The van der Waals surface area contributed by atoms with Gasteiger partial charge in [-0.3, -0.25) is 4.79 Å². The van der Waals surface area contributed by atoms with Gasteiger partial charge in [0.05, 0.1) is 15.2 Å². The third-order valence-electron chi connectivity index (χ3n) is 3.71. The fourth-order valence-corrected chi connectivity index (χ4v) is 5.32. The second kappa shape index (κ2) is 9.86. The number of carbonyl (C=O) groups is 1. The Morgan fingerprint density at radius 1 is 0.933 bits per heavy atom. The predicted octanol–water partition coefficient (Wildman–Crippen LogP) is 5.51. The first-order valence-corrected chi connectivity index (χ1v) is 12.1. The first kappa shape index (κ1) is 22.7. The molecule has 0 aliphatic rings. The zero-order valence-corrected chi connectivity index (χ0v) is 20.6. The van der Waals surface area contributed by atoms with Crippen molar-refractivity contribution in [2.75, 3.05) is 0 Å². The van der Waals surface area contributed by atoms with Gasteiger partial charge >= 0.3 is 10.1 Å². The molecule has 0 bridgehead atoms. The van der Waals surface area contributed by atoms with Crippen molar-refractivity contribution in [3.8, 4) is 5.75 Å². The minimum atomic E-state index is -3.99. The fourth-order valence-electron chi connectivity index (χ4n) is 2.34. The molecular formula is C20H13Br3N2O4S. The van der Waals surface area contributed by atoms with Crippen molar-refractivity contribution in [1.29, 1.82) is 0 Å². The van der Waals surface area contributed by atoms with Gasteiger partial charge in [0.1, 0.15) is 4.90 Å². The van der Waals surface area contributed by atoms with E-state index in [1.54, 1.807) is 48.5 Å². The largest absolute Gasteiger partial charge is 0.377 e. The van der Waals surface area contributed by atoms with Crippen molar-refractivity contribution in [2.24, 2.45) is 5.10 Å². The number of hydrogen-bond donors (Lipinski definition) is 1. The first-order chi connectivity index (χ1) is 14.3. The van der Waals surface area contributed by atoms with Gasteiger partial charge in [0.15, 0.2) is 5.75 Å². The van der Waals surface area contributed by atoms with Crippen LogP contribution in [-0.2, 0) is 10.1 Å². The molecular weight excluding hydrogens is 604 g/mol. The van der Waals surface area contributed by atoms with Crippen LogP contribution >= 0.6 is 47.8 Å². The molecule has 10 heteroatoms. The summed E-state index contributed by atoms with van der Waals surface area (Å²) in [6.45, 7) is 0. The SMILES string of the molecule is O=C(N/N=C\c1cc(Br)c(OS(=O)(=O)c2ccccc2)c(Br)c1)c1cccc(Br)c1. The summed E-state index contributed by atoms with van der Waals surface area (Å²) in [5, 5.41) is 3.94. The minimum Gasteiger partial charge on any atom is -0.377 e. The molecule has 1 amide bonds. The van der Waals surface area contributed by atoms with E-state index in [0.29, 0.717) is 20.1 Å². The zero-order chi connectivity index (χ0) is 21.7. The van der Waals surface area contributed by atoms with Crippen LogP contribution in [0.1, 0.15) is 15.9 Å². The van der Waals surface area contributed by atoms with Crippen molar-refractivity contribution < 1.29 is 17.4 Å². The highest BCUT2D eigenvalue weighted by Gasteiger charge is 2.20. The van der Waals surface area contributed by atoms with Crippen molar-refractivity contribution in [2.45, 2.75) is 4.90 Å². The number of hydrazone groups is 1. The van der Waals surface area contributed by atoms with E-state index in [2.05, 4.69) is 58.3 Å². The number of carbonyl (C=O) groups excluding carboxylic acids is 1. The maximum Gasteiger partial charge on any atom is 0.339 e. The zero-order valence-electron chi connectivity index (χ0n) is 15.1. The van der Waals surface area contributed by atoms with Gasteiger partial charge in [-0.05, 0) is 79.9 Å². The van der Waals surface area contributed by atoms with E-state index in [1.807, 2.05) is 6.07 Å². The maximum absolute atomic E-state index is 12.5. The number of benzene rings is 3.